The second-order valence-corrected chi connectivity index (χ2v) is 23.5. The second kappa shape index (κ2) is 21.7. The number of nitrogens with one attached hydrogen (secondary N) is 2. The van der Waals surface area contributed by atoms with Gasteiger partial charge in [0.1, 0.15) is 31.1 Å². The SMILES string of the molecule is COc1ccc(C(=O)Nc2ccc(/C=C/c3ccc(NC(=O)c4ccc(OC)c(S(=O)(=O)N5CCN(c6ccccc6)CC5)c4)cc3S(=O)(=O)O)c(S(=O)(=O)O)c2)cc1S(=O)(=O)N1CCN(c2ccccc2)CC1. The van der Waals surface area contributed by atoms with Crippen LogP contribution in [0.15, 0.2) is 153 Å². The van der Waals surface area contributed by atoms with Crippen LogP contribution in [0, 0.1) is 0 Å². The molecule has 2 aliphatic rings. The Bertz CT molecular complexity index is 3350. The van der Waals surface area contributed by atoms with E-state index in [9.17, 15) is 52.4 Å². The highest BCUT2D eigenvalue weighted by Gasteiger charge is 2.34. The number of amides is 2. The lowest BCUT2D eigenvalue weighted by atomic mass is 10.1. The van der Waals surface area contributed by atoms with Crippen LogP contribution in [0.2, 0.25) is 0 Å². The fraction of sp³-hybridized carbons (Fsp3) is 0.200. The van der Waals surface area contributed by atoms with E-state index in [2.05, 4.69) is 20.4 Å². The first-order chi connectivity index (χ1) is 35.2. The highest BCUT2D eigenvalue weighted by atomic mass is 32.2. The van der Waals surface area contributed by atoms with E-state index in [1.807, 2.05) is 60.7 Å². The number of methoxy groups -OCH3 is 2. The molecule has 2 fully saturated rings. The van der Waals surface area contributed by atoms with E-state index in [0.717, 1.165) is 47.8 Å². The number of carbonyl (C=O) groups excluding carboxylic acids is 2. The van der Waals surface area contributed by atoms with Crippen LogP contribution in [0.3, 0.4) is 0 Å². The zero-order chi connectivity index (χ0) is 53.0. The molecule has 2 heterocycles. The Labute approximate surface area is 429 Å². The van der Waals surface area contributed by atoms with Gasteiger partial charge >= 0.3 is 0 Å². The van der Waals surface area contributed by atoms with E-state index >= 15 is 0 Å². The van der Waals surface area contributed by atoms with Crippen molar-refractivity contribution in [3.8, 4) is 11.5 Å². The first kappa shape index (κ1) is 53.1. The third kappa shape index (κ3) is 11.8. The molecule has 0 aromatic heterocycles. The van der Waals surface area contributed by atoms with E-state index in [1.54, 1.807) is 0 Å². The standard InChI is InChI=1S/C50H50N6O14S4/c1-69-43-21-17-37(31-47(43)71(59,60)55-27-23-53(24-28-55)41-9-5-3-6-10-41)49(57)51-39-19-15-35(45(33-39)73(63,64)65)13-14-36-16-20-40(34-46(36)74(66,67)68)52-50(58)38-18-22-44(70-2)48(32-38)72(61,62)56-29-25-54(26-30-56)42-11-7-4-8-12-42/h3-22,31-34H,23-30H2,1-2H3,(H,51,57)(H,52,58)(H,63,64,65)(H,66,67,68)/b14-13+. The predicted molar refractivity (Wildman–Crippen MR) is 278 cm³/mol. The molecule has 0 aliphatic carbocycles. The van der Waals surface area contributed by atoms with Crippen molar-refractivity contribution in [1.82, 2.24) is 8.61 Å². The number of nitrogens with zero attached hydrogens (tertiary/aromatic N) is 4. The molecular formula is C50H50N6O14S4. The summed E-state index contributed by atoms with van der Waals surface area (Å²) in [6, 6.07) is 33.5. The molecule has 8 rings (SSSR count). The zero-order valence-corrected chi connectivity index (χ0v) is 43.0. The molecule has 6 aromatic carbocycles. The van der Waals surface area contributed by atoms with Crippen LogP contribution in [0.1, 0.15) is 31.8 Å². The number of anilines is 4. The summed E-state index contributed by atoms with van der Waals surface area (Å²) in [5.74, 6) is -1.68. The van der Waals surface area contributed by atoms with Crippen LogP contribution in [0.25, 0.3) is 12.2 Å². The van der Waals surface area contributed by atoms with Crippen LogP contribution in [0.5, 0.6) is 11.5 Å². The van der Waals surface area contributed by atoms with Gasteiger partial charge in [-0.15, -0.1) is 0 Å². The minimum absolute atomic E-state index is 0.00419. The molecule has 0 atom stereocenters. The minimum Gasteiger partial charge on any atom is -0.495 e. The molecular weight excluding hydrogens is 1040 g/mol. The number of rotatable bonds is 16. The maximum absolute atomic E-state index is 13.9. The number of hydrogen-bond acceptors (Lipinski definition) is 14. The molecule has 0 unspecified atom stereocenters. The molecule has 24 heteroatoms. The van der Waals surface area contributed by atoms with Crippen molar-refractivity contribution < 1.29 is 61.8 Å². The van der Waals surface area contributed by atoms with Crippen molar-refractivity contribution >= 4 is 87.0 Å². The number of carbonyl (C=O) groups is 2. The van der Waals surface area contributed by atoms with Gasteiger partial charge in [0.15, 0.2) is 0 Å². The van der Waals surface area contributed by atoms with Gasteiger partial charge in [-0.1, -0.05) is 60.7 Å². The van der Waals surface area contributed by atoms with E-state index < -0.39 is 61.9 Å². The van der Waals surface area contributed by atoms with Crippen molar-refractivity contribution in [1.29, 1.82) is 0 Å². The van der Waals surface area contributed by atoms with E-state index in [1.165, 1.54) is 71.4 Å². The Morgan fingerprint density at radius 2 is 0.811 bits per heavy atom. The lowest BCUT2D eigenvalue weighted by Gasteiger charge is -2.35. The van der Waals surface area contributed by atoms with Gasteiger partial charge in [0.25, 0.3) is 32.1 Å². The number of benzene rings is 6. The molecule has 2 amide bonds. The number of sulfonamides is 2. The molecule has 4 N–H and O–H groups in total. The molecule has 6 aromatic rings. The first-order valence-electron chi connectivity index (χ1n) is 22.7. The summed E-state index contributed by atoms with van der Waals surface area (Å²) in [7, 11) is -15.8. The Balaban J connectivity index is 0.975. The zero-order valence-electron chi connectivity index (χ0n) is 39.7. The number of piperazine rings is 2. The summed E-state index contributed by atoms with van der Waals surface area (Å²) in [6.07, 6.45) is 2.25. The van der Waals surface area contributed by atoms with Crippen LogP contribution < -0.4 is 29.9 Å². The quantitative estimate of drug-likeness (QED) is 0.0650. The molecule has 20 nitrogen and oxygen atoms in total. The maximum atomic E-state index is 13.9. The van der Waals surface area contributed by atoms with E-state index in [4.69, 9.17) is 9.47 Å². The van der Waals surface area contributed by atoms with Crippen molar-refractivity contribution in [3.63, 3.8) is 0 Å². The van der Waals surface area contributed by atoms with Crippen LogP contribution in [-0.2, 0) is 40.3 Å². The summed E-state index contributed by atoms with van der Waals surface area (Å²) >= 11 is 0. The topological polar surface area (TPSA) is 267 Å². The molecule has 0 saturated carbocycles. The van der Waals surface area contributed by atoms with Crippen molar-refractivity contribution in [2.75, 3.05) is 87.0 Å². The Morgan fingerprint density at radius 1 is 0.459 bits per heavy atom. The average molecular weight is 1090 g/mol. The molecule has 0 bridgehead atoms. The van der Waals surface area contributed by atoms with E-state index in [0.29, 0.717) is 26.2 Å². The molecule has 2 aliphatic heterocycles. The fourth-order valence-electron chi connectivity index (χ4n) is 8.50. The molecule has 0 radical (unpaired) electrons. The van der Waals surface area contributed by atoms with Crippen LogP contribution in [0.4, 0.5) is 22.7 Å². The van der Waals surface area contributed by atoms with Gasteiger partial charge in [0, 0.05) is 86.2 Å². The highest BCUT2D eigenvalue weighted by Crippen LogP contribution is 2.33. The largest absolute Gasteiger partial charge is 0.495 e. The van der Waals surface area contributed by atoms with E-state index in [-0.39, 0.29) is 81.1 Å². The first-order valence-corrected chi connectivity index (χ1v) is 28.4. The predicted octanol–water partition coefficient (Wildman–Crippen LogP) is 5.89. The molecule has 0 spiro atoms. The Kier molecular flexibility index (Phi) is 15.6. The van der Waals surface area contributed by atoms with Gasteiger partial charge in [0.05, 0.1) is 14.2 Å². The minimum atomic E-state index is -5.02. The summed E-state index contributed by atoms with van der Waals surface area (Å²) in [4.78, 5) is 29.3. The van der Waals surface area contributed by atoms with Crippen molar-refractivity contribution in [3.05, 3.63) is 156 Å². The molecule has 388 valence electrons. The van der Waals surface area contributed by atoms with Crippen molar-refractivity contribution in [2.24, 2.45) is 0 Å². The summed E-state index contributed by atoms with van der Waals surface area (Å²) < 4.78 is 140. The molecule has 2 saturated heterocycles. The van der Waals surface area contributed by atoms with Gasteiger partial charge in [-0.3, -0.25) is 18.7 Å². The number of para-hydroxylation sites is 2. The highest BCUT2D eigenvalue weighted by molar-refractivity contribution is 7.89. The van der Waals surface area contributed by atoms with Crippen LogP contribution >= 0.6 is 0 Å². The summed E-state index contributed by atoms with van der Waals surface area (Å²) in [5, 5.41) is 5.02. The molecule has 74 heavy (non-hydrogen) atoms. The van der Waals surface area contributed by atoms with Gasteiger partial charge in [0.2, 0.25) is 20.0 Å². The van der Waals surface area contributed by atoms with Crippen molar-refractivity contribution in [2.45, 2.75) is 19.6 Å². The third-order valence-electron chi connectivity index (χ3n) is 12.3. The van der Waals surface area contributed by atoms with Crippen LogP contribution in [-0.4, -0.2) is 130 Å². The van der Waals surface area contributed by atoms with Gasteiger partial charge in [-0.05, 0) is 96.1 Å². The maximum Gasteiger partial charge on any atom is 0.295 e. The van der Waals surface area contributed by atoms with Gasteiger partial charge in [-0.2, -0.15) is 25.4 Å². The fourth-order valence-corrected chi connectivity index (χ4v) is 13.1. The van der Waals surface area contributed by atoms with Gasteiger partial charge in [-0.25, -0.2) is 16.8 Å². The van der Waals surface area contributed by atoms with Gasteiger partial charge < -0.3 is 29.9 Å². The second-order valence-electron chi connectivity index (χ2n) is 16.9. The smallest absolute Gasteiger partial charge is 0.295 e. The summed E-state index contributed by atoms with van der Waals surface area (Å²) in [6.45, 7) is 2.32. The number of ether oxygens (including phenoxy) is 2. The average Bonchev–Trinajstić information content (AvgIpc) is 3.40. The Hall–Kier alpha value is -7.16. The number of hydrogen-bond donors (Lipinski definition) is 4. The summed E-state index contributed by atoms with van der Waals surface area (Å²) in [5.41, 5.74) is 1.05. The lowest BCUT2D eigenvalue weighted by Crippen LogP contribution is -2.48. The monoisotopic (exact) mass is 1090 g/mol. The Morgan fingerprint density at radius 3 is 1.14 bits per heavy atom. The lowest BCUT2D eigenvalue weighted by molar-refractivity contribution is 0.101. The normalized spacial score (nSPS) is 15.2. The third-order valence-corrected chi connectivity index (χ3v) is 18.0.